The van der Waals surface area contributed by atoms with Crippen molar-refractivity contribution in [3.05, 3.63) is 36.0 Å². The first-order valence-electron chi connectivity index (χ1n) is 7.07. The first-order chi connectivity index (χ1) is 9.36. The van der Waals surface area contributed by atoms with Gasteiger partial charge in [0.15, 0.2) is 0 Å². The number of nitrogens with one attached hydrogen (secondary N) is 1. The highest BCUT2D eigenvalue weighted by molar-refractivity contribution is 5.83. The summed E-state index contributed by atoms with van der Waals surface area (Å²) in [5, 5.41) is 4.59. The highest BCUT2D eigenvalue weighted by Crippen LogP contribution is 2.22. The number of benzene rings is 1. The lowest BCUT2D eigenvalue weighted by Gasteiger charge is -2.03. The van der Waals surface area contributed by atoms with Crippen molar-refractivity contribution in [2.75, 3.05) is 27.3 Å². The number of fused-ring (bicyclic) bond motifs is 1. The summed E-state index contributed by atoms with van der Waals surface area (Å²) in [4.78, 5) is 0. The minimum absolute atomic E-state index is 0.762. The first kappa shape index (κ1) is 14.1. The van der Waals surface area contributed by atoms with Crippen LogP contribution in [0.5, 0.6) is 0 Å². The first-order valence-corrected chi connectivity index (χ1v) is 7.07. The van der Waals surface area contributed by atoms with Crippen LogP contribution < -0.4 is 5.32 Å². The lowest BCUT2D eigenvalue weighted by molar-refractivity contribution is 0.188. The minimum atomic E-state index is 0.762. The predicted molar refractivity (Wildman–Crippen MR) is 80.7 cm³/mol. The van der Waals surface area contributed by atoms with Crippen molar-refractivity contribution in [2.45, 2.75) is 25.8 Å². The number of hydrogen-bond donors (Lipinski definition) is 1. The van der Waals surface area contributed by atoms with Crippen molar-refractivity contribution in [3.63, 3.8) is 0 Å². The van der Waals surface area contributed by atoms with Crippen LogP contribution in [0.3, 0.4) is 0 Å². The smallest absolute Gasteiger partial charge is 0.0641 e. The fraction of sp³-hybridized carbons (Fsp3) is 0.500. The molecule has 0 amide bonds. The highest BCUT2D eigenvalue weighted by Gasteiger charge is 2.07. The van der Waals surface area contributed by atoms with E-state index in [4.69, 9.17) is 4.74 Å². The van der Waals surface area contributed by atoms with Crippen LogP contribution in [0.4, 0.5) is 0 Å². The summed E-state index contributed by atoms with van der Waals surface area (Å²) >= 11 is 0. The maximum absolute atomic E-state index is 5.19. The van der Waals surface area contributed by atoms with Crippen LogP contribution in [0.25, 0.3) is 10.9 Å². The summed E-state index contributed by atoms with van der Waals surface area (Å²) in [7, 11) is 3.76. The second-order valence-corrected chi connectivity index (χ2v) is 4.92. The van der Waals surface area contributed by atoms with Crippen LogP contribution in [0.15, 0.2) is 30.5 Å². The van der Waals surface area contributed by atoms with E-state index in [1.807, 2.05) is 7.05 Å². The number of aromatic nitrogens is 1. The molecule has 2 rings (SSSR count). The monoisotopic (exact) mass is 260 g/mol. The quantitative estimate of drug-likeness (QED) is 0.739. The Hall–Kier alpha value is -1.32. The number of unbranched alkanes of at least 4 members (excludes halogenated alkanes) is 1. The molecule has 0 saturated heterocycles. The van der Waals surface area contributed by atoms with E-state index < -0.39 is 0 Å². The molecule has 3 nitrogen and oxygen atoms in total. The molecule has 0 aliphatic rings. The van der Waals surface area contributed by atoms with Gasteiger partial charge >= 0.3 is 0 Å². The van der Waals surface area contributed by atoms with E-state index in [9.17, 15) is 0 Å². The van der Waals surface area contributed by atoms with E-state index in [1.165, 1.54) is 29.3 Å². The molecule has 1 aromatic heterocycles. The van der Waals surface area contributed by atoms with Gasteiger partial charge in [-0.1, -0.05) is 18.2 Å². The van der Waals surface area contributed by atoms with Gasteiger partial charge in [-0.15, -0.1) is 0 Å². The standard InChI is InChI=1S/C16H24N2O/c1-17-10-6-5-7-14-13-18(11-12-19-2)16-9-4-3-8-15(14)16/h3-4,8-9,13,17H,5-7,10-12H2,1-2H3. The van der Waals surface area contributed by atoms with Crippen LogP contribution in [-0.2, 0) is 17.7 Å². The van der Waals surface area contributed by atoms with E-state index in [0.29, 0.717) is 0 Å². The minimum Gasteiger partial charge on any atom is -0.383 e. The summed E-state index contributed by atoms with van der Waals surface area (Å²) in [6.07, 6.45) is 5.92. The van der Waals surface area contributed by atoms with Crippen LogP contribution in [0, 0.1) is 0 Å². The molecule has 19 heavy (non-hydrogen) atoms. The Morgan fingerprint density at radius 1 is 1.21 bits per heavy atom. The van der Waals surface area contributed by atoms with Crippen molar-refractivity contribution in [2.24, 2.45) is 0 Å². The number of methoxy groups -OCH3 is 1. The second kappa shape index (κ2) is 7.31. The molecule has 3 heteroatoms. The molecule has 2 aromatic rings. The molecule has 0 fully saturated rings. The second-order valence-electron chi connectivity index (χ2n) is 4.92. The third-order valence-electron chi connectivity index (χ3n) is 3.53. The van der Waals surface area contributed by atoms with E-state index in [1.54, 1.807) is 7.11 Å². The molecule has 0 bridgehead atoms. The Labute approximate surface area is 115 Å². The van der Waals surface area contributed by atoms with Crippen molar-refractivity contribution in [3.8, 4) is 0 Å². The Balaban J connectivity index is 2.13. The molecule has 0 aliphatic heterocycles. The van der Waals surface area contributed by atoms with E-state index in [0.717, 1.165) is 26.1 Å². The molecule has 0 unspecified atom stereocenters. The van der Waals surface area contributed by atoms with Crippen molar-refractivity contribution >= 4 is 10.9 Å². The third-order valence-corrected chi connectivity index (χ3v) is 3.53. The Morgan fingerprint density at radius 3 is 2.84 bits per heavy atom. The molecule has 0 aliphatic carbocycles. The number of para-hydroxylation sites is 1. The SMILES string of the molecule is CNCCCCc1cn(CCOC)c2ccccc12. The van der Waals surface area contributed by atoms with Crippen LogP contribution >= 0.6 is 0 Å². The average Bonchev–Trinajstić information content (AvgIpc) is 2.80. The van der Waals surface area contributed by atoms with Gasteiger partial charge in [-0.05, 0) is 44.5 Å². The van der Waals surface area contributed by atoms with E-state index in [2.05, 4.69) is 40.3 Å². The molecule has 1 aromatic carbocycles. The number of aryl methyl sites for hydroxylation is 1. The summed E-state index contributed by atoms with van der Waals surface area (Å²) in [6, 6.07) is 8.66. The van der Waals surface area contributed by atoms with Crippen molar-refractivity contribution in [1.29, 1.82) is 0 Å². The van der Waals surface area contributed by atoms with Gasteiger partial charge in [0.05, 0.1) is 6.61 Å². The molecular formula is C16H24N2O. The lowest BCUT2D eigenvalue weighted by atomic mass is 10.1. The summed E-state index contributed by atoms with van der Waals surface area (Å²) in [5.74, 6) is 0. The normalized spacial score (nSPS) is 11.3. The largest absolute Gasteiger partial charge is 0.383 e. The van der Waals surface area contributed by atoms with Crippen LogP contribution in [-0.4, -0.2) is 31.9 Å². The number of hydrogen-bond acceptors (Lipinski definition) is 2. The zero-order chi connectivity index (χ0) is 13.5. The van der Waals surface area contributed by atoms with Crippen LogP contribution in [0.2, 0.25) is 0 Å². The molecule has 104 valence electrons. The zero-order valence-electron chi connectivity index (χ0n) is 12.0. The summed E-state index contributed by atoms with van der Waals surface area (Å²) in [5.41, 5.74) is 2.78. The molecule has 0 spiro atoms. The fourth-order valence-electron chi connectivity index (χ4n) is 2.51. The van der Waals surface area contributed by atoms with E-state index in [-0.39, 0.29) is 0 Å². The molecule has 0 radical (unpaired) electrons. The summed E-state index contributed by atoms with van der Waals surface area (Å²) < 4.78 is 7.50. The Kier molecular flexibility index (Phi) is 5.43. The van der Waals surface area contributed by atoms with Gasteiger partial charge in [-0.3, -0.25) is 0 Å². The van der Waals surface area contributed by atoms with Crippen molar-refractivity contribution < 1.29 is 4.74 Å². The van der Waals surface area contributed by atoms with E-state index >= 15 is 0 Å². The fourth-order valence-corrected chi connectivity index (χ4v) is 2.51. The van der Waals surface area contributed by atoms with Gasteiger partial charge in [0.1, 0.15) is 0 Å². The molecule has 1 heterocycles. The maximum Gasteiger partial charge on any atom is 0.0641 e. The van der Waals surface area contributed by atoms with Gasteiger partial charge in [0.25, 0.3) is 0 Å². The Bertz CT molecular complexity index is 504. The predicted octanol–water partition coefficient (Wildman–Crippen LogP) is 2.83. The summed E-state index contributed by atoms with van der Waals surface area (Å²) in [6.45, 7) is 2.79. The molecular weight excluding hydrogens is 236 g/mol. The van der Waals surface area contributed by atoms with Gasteiger partial charge in [0, 0.05) is 30.8 Å². The highest BCUT2D eigenvalue weighted by atomic mass is 16.5. The zero-order valence-corrected chi connectivity index (χ0v) is 12.0. The third kappa shape index (κ3) is 3.58. The molecule has 0 atom stereocenters. The van der Waals surface area contributed by atoms with Crippen molar-refractivity contribution in [1.82, 2.24) is 9.88 Å². The maximum atomic E-state index is 5.19. The Morgan fingerprint density at radius 2 is 2.05 bits per heavy atom. The number of nitrogens with zero attached hydrogens (tertiary/aromatic N) is 1. The van der Waals surface area contributed by atoms with Gasteiger partial charge in [-0.25, -0.2) is 0 Å². The van der Waals surface area contributed by atoms with Gasteiger partial charge in [-0.2, -0.15) is 0 Å². The topological polar surface area (TPSA) is 26.2 Å². The van der Waals surface area contributed by atoms with Gasteiger partial charge in [0.2, 0.25) is 0 Å². The average molecular weight is 260 g/mol. The van der Waals surface area contributed by atoms with Gasteiger partial charge < -0.3 is 14.6 Å². The number of ether oxygens (including phenoxy) is 1. The number of rotatable bonds is 8. The molecule has 0 saturated carbocycles. The lowest BCUT2D eigenvalue weighted by Crippen LogP contribution is -2.07. The van der Waals surface area contributed by atoms with Crippen LogP contribution in [0.1, 0.15) is 18.4 Å². The molecule has 1 N–H and O–H groups in total.